The molecule has 1 saturated heterocycles. The number of likely N-dealkylation sites (tertiary alicyclic amines) is 1. The molecule has 8 nitrogen and oxygen atoms in total. The molecular weight excluding hydrogens is 601 g/mol. The van der Waals surface area contributed by atoms with Crippen LogP contribution in [-0.4, -0.2) is 63.6 Å². The fourth-order valence-corrected chi connectivity index (χ4v) is 9.74. The van der Waals surface area contributed by atoms with E-state index in [0.29, 0.717) is 0 Å². The van der Waals surface area contributed by atoms with Gasteiger partial charge >= 0.3 is 5.97 Å². The molecule has 3 aromatic carbocycles. The maximum atomic E-state index is 13.6. The minimum atomic E-state index is -2.45. The standard InChI is InChI=1S/C28H28N3O5PS.BrH/c29-23(27(35)30-17-26(33)34)18-38-24-16-25(32)31(28(24)36)19-37(20-10-4-1-5-11-20,21-12-6-2-7-13-21)22-14-8-3-9-15-22;/h1-15,23-24H,16-19,29H2,(H-,30,33,34,35);1H. The number of carboxylic acid groups (broad SMARTS) is 1. The Morgan fingerprint density at radius 2 is 1.38 bits per heavy atom. The van der Waals surface area contributed by atoms with Crippen molar-refractivity contribution in [1.29, 1.82) is 0 Å². The van der Waals surface area contributed by atoms with Gasteiger partial charge < -0.3 is 33.1 Å². The maximum Gasteiger partial charge on any atom is 0.322 e. The summed E-state index contributed by atoms with van der Waals surface area (Å²) in [5.41, 5.74) is 5.90. The number of hydrogen-bond donors (Lipinski definition) is 3. The molecule has 11 heteroatoms. The predicted molar refractivity (Wildman–Crippen MR) is 151 cm³/mol. The van der Waals surface area contributed by atoms with Crippen molar-refractivity contribution < 1.29 is 41.3 Å². The van der Waals surface area contributed by atoms with Gasteiger partial charge in [-0.1, -0.05) is 54.6 Å². The molecule has 1 fully saturated rings. The zero-order valence-electron chi connectivity index (χ0n) is 21.0. The molecular formula is C28H29BrN3O5PS. The molecule has 4 rings (SSSR count). The summed E-state index contributed by atoms with van der Waals surface area (Å²) in [5, 5.41) is 13.5. The first-order valence-corrected chi connectivity index (χ1v) is 15.1. The predicted octanol–water partition coefficient (Wildman–Crippen LogP) is -1.67. The van der Waals surface area contributed by atoms with Crippen LogP contribution in [0.4, 0.5) is 0 Å². The number of amides is 3. The number of thioether (sulfide) groups is 1. The van der Waals surface area contributed by atoms with Crippen molar-refractivity contribution in [2.45, 2.75) is 17.7 Å². The number of rotatable bonds is 11. The lowest BCUT2D eigenvalue weighted by atomic mass is 10.3. The number of nitrogens with two attached hydrogens (primary N) is 1. The van der Waals surface area contributed by atoms with Gasteiger partial charge in [0.05, 0.1) is 11.3 Å². The topological polar surface area (TPSA) is 130 Å². The van der Waals surface area contributed by atoms with E-state index in [1.165, 1.54) is 4.90 Å². The number of benzene rings is 3. The molecule has 0 aromatic heterocycles. The number of carbonyl (C=O) groups excluding carboxylic acids is 3. The Morgan fingerprint density at radius 1 is 0.923 bits per heavy atom. The van der Waals surface area contributed by atoms with E-state index in [1.807, 2.05) is 54.6 Å². The molecule has 2 atom stereocenters. The normalized spacial score (nSPS) is 15.9. The van der Waals surface area contributed by atoms with Gasteiger partial charge in [0.1, 0.15) is 29.7 Å². The molecule has 0 bridgehead atoms. The van der Waals surface area contributed by atoms with Gasteiger partial charge in [-0.25, -0.2) is 4.90 Å². The second kappa shape index (κ2) is 13.8. The highest BCUT2D eigenvalue weighted by Gasteiger charge is 2.52. The van der Waals surface area contributed by atoms with Crippen LogP contribution in [0.25, 0.3) is 0 Å². The zero-order chi connectivity index (χ0) is 27.1. The van der Waals surface area contributed by atoms with E-state index in [1.54, 1.807) is 0 Å². The number of nitrogens with zero attached hydrogens (tertiary/aromatic N) is 1. The summed E-state index contributed by atoms with van der Waals surface area (Å²) in [4.78, 5) is 50.9. The molecule has 39 heavy (non-hydrogen) atoms. The molecule has 1 aliphatic heterocycles. The highest BCUT2D eigenvalue weighted by Crippen LogP contribution is 2.56. The van der Waals surface area contributed by atoms with Crippen molar-refractivity contribution in [2.75, 3.05) is 18.6 Å². The second-order valence-electron chi connectivity index (χ2n) is 8.86. The first kappa shape index (κ1) is 30.5. The Morgan fingerprint density at radius 3 is 1.82 bits per heavy atom. The molecule has 0 spiro atoms. The lowest BCUT2D eigenvalue weighted by Gasteiger charge is -2.30. The van der Waals surface area contributed by atoms with Crippen LogP contribution in [0, 0.1) is 0 Å². The number of aliphatic carboxylic acids is 1. The second-order valence-corrected chi connectivity index (χ2v) is 13.5. The molecule has 204 valence electrons. The Hall–Kier alpha value is -3.04. The molecule has 4 N–H and O–H groups in total. The molecule has 0 radical (unpaired) electrons. The third kappa shape index (κ3) is 6.94. The van der Waals surface area contributed by atoms with E-state index in [0.717, 1.165) is 27.7 Å². The molecule has 0 aliphatic carbocycles. The van der Waals surface area contributed by atoms with Gasteiger partial charge in [0.25, 0.3) is 0 Å². The van der Waals surface area contributed by atoms with Crippen molar-refractivity contribution in [3.63, 3.8) is 0 Å². The summed E-state index contributed by atoms with van der Waals surface area (Å²) >= 11 is 1.15. The minimum absolute atomic E-state index is 0. The third-order valence-electron chi connectivity index (χ3n) is 6.37. The number of carboxylic acids is 1. The van der Waals surface area contributed by atoms with Gasteiger partial charge in [-0.3, -0.25) is 19.2 Å². The fraction of sp³-hybridized carbons (Fsp3) is 0.214. The molecule has 1 aliphatic rings. The van der Waals surface area contributed by atoms with Gasteiger partial charge in [-0.15, -0.1) is 11.8 Å². The molecule has 1 heterocycles. The maximum absolute atomic E-state index is 13.6. The average Bonchev–Trinajstić information content (AvgIpc) is 3.21. The van der Waals surface area contributed by atoms with E-state index in [4.69, 9.17) is 10.8 Å². The SMILES string of the molecule is NC(CSC1CC(=O)N(C[P+](c2ccccc2)(c2ccccc2)c2ccccc2)C1=O)C(=O)NCC(=O)O.[Br-]. The Bertz CT molecular complexity index is 1200. The number of halogens is 1. The van der Waals surface area contributed by atoms with Crippen LogP contribution in [0.3, 0.4) is 0 Å². The lowest BCUT2D eigenvalue weighted by Crippen LogP contribution is -3.00. The van der Waals surface area contributed by atoms with Gasteiger partial charge in [-0.2, -0.15) is 0 Å². The van der Waals surface area contributed by atoms with Gasteiger partial charge in [0.15, 0.2) is 6.29 Å². The molecule has 3 amide bonds. The first-order valence-electron chi connectivity index (χ1n) is 12.1. The van der Waals surface area contributed by atoms with Gasteiger partial charge in [-0.05, 0) is 36.4 Å². The van der Waals surface area contributed by atoms with Crippen molar-refractivity contribution >= 4 is 58.6 Å². The average molecular weight is 631 g/mol. The van der Waals surface area contributed by atoms with Crippen LogP contribution in [0.15, 0.2) is 91.0 Å². The monoisotopic (exact) mass is 629 g/mol. The first-order chi connectivity index (χ1) is 18.3. The van der Waals surface area contributed by atoms with Crippen molar-refractivity contribution in [3.8, 4) is 0 Å². The van der Waals surface area contributed by atoms with Gasteiger partial charge in [0, 0.05) is 12.2 Å². The summed E-state index contributed by atoms with van der Waals surface area (Å²) in [5.74, 6) is -2.27. The van der Waals surface area contributed by atoms with Crippen LogP contribution in [0.1, 0.15) is 6.42 Å². The molecule has 0 saturated carbocycles. The highest BCUT2D eigenvalue weighted by molar-refractivity contribution is 8.00. The minimum Gasteiger partial charge on any atom is -1.00 e. The third-order valence-corrected chi connectivity index (χ3v) is 11.9. The van der Waals surface area contributed by atoms with E-state index in [9.17, 15) is 19.2 Å². The van der Waals surface area contributed by atoms with Crippen molar-refractivity contribution in [1.82, 2.24) is 10.2 Å². The fourth-order valence-electron chi connectivity index (χ4n) is 4.47. The Balaban J connectivity index is 0.00000420. The van der Waals surface area contributed by atoms with E-state index in [2.05, 4.69) is 41.7 Å². The molecule has 2 unspecified atom stereocenters. The highest BCUT2D eigenvalue weighted by atomic mass is 79.9. The van der Waals surface area contributed by atoms with Crippen LogP contribution in [-0.2, 0) is 19.2 Å². The van der Waals surface area contributed by atoms with E-state index in [-0.39, 0.29) is 47.3 Å². The van der Waals surface area contributed by atoms with Crippen LogP contribution in [0.5, 0.6) is 0 Å². The summed E-state index contributed by atoms with van der Waals surface area (Å²) in [6.45, 7) is -0.532. The lowest BCUT2D eigenvalue weighted by molar-refractivity contribution is -0.138. The zero-order valence-corrected chi connectivity index (χ0v) is 24.3. The number of carbonyl (C=O) groups is 4. The summed E-state index contributed by atoms with van der Waals surface area (Å²) in [7, 11) is -2.45. The quantitative estimate of drug-likeness (QED) is 0.171. The Kier molecular flexibility index (Phi) is 10.8. The number of nitrogens with one attached hydrogen (secondary N) is 1. The summed E-state index contributed by atoms with van der Waals surface area (Å²) in [6, 6.07) is 29.0. The largest absolute Gasteiger partial charge is 1.00 e. The molecule has 3 aromatic rings. The van der Waals surface area contributed by atoms with Crippen LogP contribution >= 0.6 is 19.0 Å². The number of hydrogen-bond acceptors (Lipinski definition) is 6. The van der Waals surface area contributed by atoms with Crippen LogP contribution in [0.2, 0.25) is 0 Å². The smallest absolute Gasteiger partial charge is 0.322 e. The number of imide groups is 1. The summed E-state index contributed by atoms with van der Waals surface area (Å²) in [6.07, 6.45) is 0.246. The van der Waals surface area contributed by atoms with Crippen molar-refractivity contribution in [2.24, 2.45) is 5.73 Å². The Labute approximate surface area is 242 Å². The van der Waals surface area contributed by atoms with E-state index < -0.39 is 37.0 Å². The van der Waals surface area contributed by atoms with Crippen molar-refractivity contribution in [3.05, 3.63) is 91.0 Å². The summed E-state index contributed by atoms with van der Waals surface area (Å²) < 4.78 is 0. The van der Waals surface area contributed by atoms with Crippen LogP contribution < -0.4 is 43.9 Å². The van der Waals surface area contributed by atoms with E-state index >= 15 is 0 Å². The van der Waals surface area contributed by atoms with Gasteiger partial charge in [0.2, 0.25) is 17.7 Å².